The molecule has 0 fully saturated rings. The summed E-state index contributed by atoms with van der Waals surface area (Å²) in [6.45, 7) is 1.95. The highest BCUT2D eigenvalue weighted by Crippen LogP contribution is 2.26. The third-order valence-electron chi connectivity index (χ3n) is 2.61. The van der Waals surface area contributed by atoms with Crippen molar-refractivity contribution < 1.29 is 0 Å². The zero-order chi connectivity index (χ0) is 14.7. The first-order valence-electron chi connectivity index (χ1n) is 5.75. The van der Waals surface area contributed by atoms with Crippen LogP contribution in [0.4, 0.5) is 11.4 Å². The van der Waals surface area contributed by atoms with Gasteiger partial charge in [0.15, 0.2) is 5.11 Å². The van der Waals surface area contributed by atoms with Crippen LogP contribution in [0.15, 0.2) is 36.4 Å². The third kappa shape index (κ3) is 4.00. The first-order chi connectivity index (χ1) is 9.45. The minimum Gasteiger partial charge on any atom is -0.332 e. The highest BCUT2D eigenvalue weighted by Gasteiger charge is 2.05. The number of aryl methyl sites for hydroxylation is 1. The van der Waals surface area contributed by atoms with Gasteiger partial charge in [0.1, 0.15) is 0 Å². The molecule has 0 aromatic heterocycles. The van der Waals surface area contributed by atoms with Crippen LogP contribution >= 0.6 is 47.0 Å². The molecule has 0 amide bonds. The summed E-state index contributed by atoms with van der Waals surface area (Å²) in [5.74, 6) is 0. The molecule has 0 saturated heterocycles. The molecule has 0 aliphatic heterocycles. The van der Waals surface area contributed by atoms with E-state index in [2.05, 4.69) is 10.6 Å². The van der Waals surface area contributed by atoms with E-state index >= 15 is 0 Å². The van der Waals surface area contributed by atoms with Crippen molar-refractivity contribution >= 4 is 63.5 Å². The van der Waals surface area contributed by atoms with Gasteiger partial charge in [-0.3, -0.25) is 0 Å². The average molecular weight is 346 g/mol. The maximum atomic E-state index is 6.07. The molecule has 104 valence electrons. The Balaban J connectivity index is 2.11. The minimum atomic E-state index is 0.430. The molecule has 2 aromatic carbocycles. The van der Waals surface area contributed by atoms with Crippen molar-refractivity contribution in [1.82, 2.24) is 0 Å². The summed E-state index contributed by atoms with van der Waals surface area (Å²) >= 11 is 23.2. The first kappa shape index (κ1) is 15.4. The summed E-state index contributed by atoms with van der Waals surface area (Å²) < 4.78 is 0. The highest BCUT2D eigenvalue weighted by molar-refractivity contribution is 7.80. The number of hydrogen-bond acceptors (Lipinski definition) is 1. The van der Waals surface area contributed by atoms with E-state index in [1.54, 1.807) is 24.3 Å². The molecule has 0 atom stereocenters. The average Bonchev–Trinajstić information content (AvgIpc) is 2.37. The Bertz CT molecular complexity index is 659. The predicted molar refractivity (Wildman–Crippen MR) is 92.5 cm³/mol. The summed E-state index contributed by atoms with van der Waals surface area (Å²) in [5, 5.41) is 8.35. The first-order valence-corrected chi connectivity index (χ1v) is 7.29. The molecule has 20 heavy (non-hydrogen) atoms. The van der Waals surface area contributed by atoms with Crippen molar-refractivity contribution in [2.24, 2.45) is 0 Å². The molecule has 2 aromatic rings. The van der Waals surface area contributed by atoms with Gasteiger partial charge < -0.3 is 10.6 Å². The maximum absolute atomic E-state index is 6.07. The van der Waals surface area contributed by atoms with Crippen molar-refractivity contribution in [3.63, 3.8) is 0 Å². The van der Waals surface area contributed by atoms with Gasteiger partial charge in [-0.2, -0.15) is 0 Å². The molecule has 0 aliphatic rings. The molecule has 2 rings (SSSR count). The molecule has 2 nitrogen and oxygen atoms in total. The molecular formula is C14H11Cl3N2S. The Kier molecular flexibility index (Phi) is 5.11. The molecule has 0 saturated carbocycles. The number of benzene rings is 2. The van der Waals surface area contributed by atoms with Gasteiger partial charge in [-0.15, -0.1) is 0 Å². The fraction of sp³-hybridized carbons (Fsp3) is 0.0714. The van der Waals surface area contributed by atoms with Gasteiger partial charge in [-0.25, -0.2) is 0 Å². The summed E-state index contributed by atoms with van der Waals surface area (Å²) in [6, 6.07) is 10.7. The quantitative estimate of drug-likeness (QED) is 0.676. The van der Waals surface area contributed by atoms with Gasteiger partial charge >= 0.3 is 0 Å². The Morgan fingerprint density at radius 3 is 2.20 bits per heavy atom. The van der Waals surface area contributed by atoms with Crippen LogP contribution in [0.1, 0.15) is 5.56 Å². The van der Waals surface area contributed by atoms with Gasteiger partial charge in [0.2, 0.25) is 0 Å². The molecule has 2 N–H and O–H groups in total. The largest absolute Gasteiger partial charge is 0.332 e. The van der Waals surface area contributed by atoms with Crippen LogP contribution in [0.3, 0.4) is 0 Å². The van der Waals surface area contributed by atoms with Gasteiger partial charge in [0.25, 0.3) is 0 Å². The van der Waals surface area contributed by atoms with Crippen molar-refractivity contribution in [2.75, 3.05) is 10.6 Å². The smallest absolute Gasteiger partial charge is 0.175 e. The predicted octanol–water partition coefficient (Wildman–Crippen LogP) is 5.76. The van der Waals surface area contributed by atoms with E-state index in [9.17, 15) is 0 Å². The van der Waals surface area contributed by atoms with Gasteiger partial charge in [0.05, 0.1) is 10.7 Å². The van der Waals surface area contributed by atoms with Crippen molar-refractivity contribution in [2.45, 2.75) is 6.92 Å². The van der Waals surface area contributed by atoms with Crippen LogP contribution in [-0.2, 0) is 0 Å². The Hall–Kier alpha value is -1.000. The molecule has 0 radical (unpaired) electrons. The zero-order valence-electron chi connectivity index (χ0n) is 10.5. The van der Waals surface area contributed by atoms with Crippen molar-refractivity contribution in [3.8, 4) is 0 Å². The summed E-state index contributed by atoms with van der Waals surface area (Å²) in [7, 11) is 0. The monoisotopic (exact) mass is 344 g/mol. The van der Waals surface area contributed by atoms with Crippen LogP contribution in [0, 0.1) is 6.92 Å². The van der Waals surface area contributed by atoms with Crippen LogP contribution in [0.25, 0.3) is 0 Å². The number of anilines is 2. The fourth-order valence-electron chi connectivity index (χ4n) is 1.64. The van der Waals surface area contributed by atoms with E-state index < -0.39 is 0 Å². The number of rotatable bonds is 2. The van der Waals surface area contributed by atoms with E-state index in [0.717, 1.165) is 11.3 Å². The SMILES string of the molecule is Cc1cc(Cl)ccc1NC(=S)Nc1cc(Cl)ccc1Cl. The third-order valence-corrected chi connectivity index (χ3v) is 3.62. The lowest BCUT2D eigenvalue weighted by atomic mass is 10.2. The molecule has 0 unspecified atom stereocenters. The summed E-state index contributed by atoms with van der Waals surface area (Å²) in [4.78, 5) is 0. The van der Waals surface area contributed by atoms with E-state index in [1.165, 1.54) is 0 Å². The lowest BCUT2D eigenvalue weighted by Gasteiger charge is -2.13. The van der Waals surface area contributed by atoms with Gasteiger partial charge in [0, 0.05) is 15.7 Å². The number of nitrogens with one attached hydrogen (secondary N) is 2. The zero-order valence-corrected chi connectivity index (χ0v) is 13.6. The standard InChI is InChI=1S/C14H11Cl3N2S/c1-8-6-9(15)3-5-12(8)18-14(20)19-13-7-10(16)2-4-11(13)17/h2-7H,1H3,(H2,18,19,20). The van der Waals surface area contributed by atoms with Crippen LogP contribution in [0.5, 0.6) is 0 Å². The van der Waals surface area contributed by atoms with Crippen LogP contribution in [-0.4, -0.2) is 5.11 Å². The van der Waals surface area contributed by atoms with E-state index in [-0.39, 0.29) is 0 Å². The van der Waals surface area contributed by atoms with Gasteiger partial charge in [-0.1, -0.05) is 34.8 Å². The summed E-state index contributed by atoms with van der Waals surface area (Å²) in [6.07, 6.45) is 0. The molecule has 0 heterocycles. The number of hydrogen-bond donors (Lipinski definition) is 2. The Labute approximate surface area is 138 Å². The molecular weight excluding hydrogens is 335 g/mol. The van der Waals surface area contributed by atoms with E-state index in [4.69, 9.17) is 47.0 Å². The molecule has 0 bridgehead atoms. The van der Waals surface area contributed by atoms with Crippen molar-refractivity contribution in [3.05, 3.63) is 57.0 Å². The van der Waals surface area contributed by atoms with E-state index in [0.29, 0.717) is 25.9 Å². The highest BCUT2D eigenvalue weighted by atomic mass is 35.5. The number of thiocarbonyl (C=S) groups is 1. The molecule has 6 heteroatoms. The normalized spacial score (nSPS) is 10.2. The Morgan fingerprint density at radius 1 is 0.900 bits per heavy atom. The van der Waals surface area contributed by atoms with Gasteiger partial charge in [-0.05, 0) is 61.1 Å². The second-order valence-electron chi connectivity index (χ2n) is 4.16. The van der Waals surface area contributed by atoms with Crippen LogP contribution < -0.4 is 10.6 Å². The second kappa shape index (κ2) is 6.64. The topological polar surface area (TPSA) is 24.1 Å². The van der Waals surface area contributed by atoms with E-state index in [1.807, 2.05) is 19.1 Å². The Morgan fingerprint density at radius 2 is 1.50 bits per heavy atom. The minimum absolute atomic E-state index is 0.430. The lowest BCUT2D eigenvalue weighted by molar-refractivity contribution is 1.45. The lowest BCUT2D eigenvalue weighted by Crippen LogP contribution is -2.19. The van der Waals surface area contributed by atoms with Crippen LogP contribution in [0.2, 0.25) is 15.1 Å². The molecule has 0 spiro atoms. The van der Waals surface area contributed by atoms with Crippen molar-refractivity contribution in [1.29, 1.82) is 0 Å². The summed E-state index contributed by atoms with van der Waals surface area (Å²) in [5.41, 5.74) is 2.53. The second-order valence-corrected chi connectivity index (χ2v) is 5.85. The maximum Gasteiger partial charge on any atom is 0.175 e. The molecule has 0 aliphatic carbocycles. The number of halogens is 3. The fourth-order valence-corrected chi connectivity index (χ4v) is 2.42.